The molecule has 1 fully saturated rings. The smallest absolute Gasteiger partial charge is 0.249 e. The molecule has 7 heteroatoms. The average Bonchev–Trinajstić information content (AvgIpc) is 2.48. The molecule has 0 spiro atoms. The van der Waals surface area contributed by atoms with Crippen LogP contribution in [0.25, 0.3) is 0 Å². The van der Waals surface area contributed by atoms with Crippen molar-refractivity contribution in [2.24, 2.45) is 5.73 Å². The van der Waals surface area contributed by atoms with E-state index in [4.69, 9.17) is 17.3 Å². The van der Waals surface area contributed by atoms with E-state index in [0.29, 0.717) is 36.5 Å². The first-order valence-electron chi connectivity index (χ1n) is 7.60. The largest absolute Gasteiger partial charge is 0.344 e. The number of anilines is 1. The van der Waals surface area contributed by atoms with Crippen molar-refractivity contribution < 1.29 is 9.59 Å². The first-order valence-corrected chi connectivity index (χ1v) is 7.97. The summed E-state index contributed by atoms with van der Waals surface area (Å²) in [5.74, 6) is -0.231. The van der Waals surface area contributed by atoms with Gasteiger partial charge in [0, 0.05) is 19.0 Å². The van der Waals surface area contributed by atoms with Gasteiger partial charge < -0.3 is 16.0 Å². The highest BCUT2D eigenvalue weighted by Crippen LogP contribution is 2.28. The van der Waals surface area contributed by atoms with Crippen LogP contribution in [0.4, 0.5) is 5.69 Å². The summed E-state index contributed by atoms with van der Waals surface area (Å²) in [5.41, 5.74) is 6.34. The molecule has 3 N–H and O–H groups in total. The fraction of sp³-hybridized carbons (Fsp3) is 0.500. The van der Waals surface area contributed by atoms with E-state index in [1.807, 2.05) is 25.1 Å². The Hall–Kier alpha value is -1.30. The molecule has 128 valence electrons. The maximum atomic E-state index is 12.6. The van der Waals surface area contributed by atoms with Gasteiger partial charge in [0.25, 0.3) is 0 Å². The van der Waals surface area contributed by atoms with Gasteiger partial charge >= 0.3 is 0 Å². The molecule has 23 heavy (non-hydrogen) atoms. The number of amides is 2. The van der Waals surface area contributed by atoms with Crippen molar-refractivity contribution in [1.82, 2.24) is 5.32 Å². The molecule has 1 aliphatic rings. The van der Waals surface area contributed by atoms with Crippen molar-refractivity contribution in [3.05, 3.63) is 29.3 Å². The number of benzene rings is 1. The number of rotatable bonds is 5. The van der Waals surface area contributed by atoms with Crippen LogP contribution in [0.5, 0.6) is 0 Å². The van der Waals surface area contributed by atoms with Crippen molar-refractivity contribution in [2.45, 2.75) is 44.7 Å². The van der Waals surface area contributed by atoms with Crippen LogP contribution in [-0.4, -0.2) is 30.4 Å². The van der Waals surface area contributed by atoms with Crippen LogP contribution in [0, 0.1) is 0 Å². The summed E-state index contributed by atoms with van der Waals surface area (Å²) in [6.07, 6.45) is 2.44. The third kappa shape index (κ3) is 5.37. The molecule has 1 heterocycles. The van der Waals surface area contributed by atoms with Crippen LogP contribution in [0.15, 0.2) is 24.3 Å². The molecule has 2 rings (SSSR count). The second kappa shape index (κ2) is 9.11. The molecule has 2 amide bonds. The predicted molar refractivity (Wildman–Crippen MR) is 95.1 cm³/mol. The molecule has 0 radical (unpaired) electrons. The van der Waals surface area contributed by atoms with Gasteiger partial charge in [-0.1, -0.05) is 23.7 Å². The Morgan fingerprint density at radius 2 is 2.17 bits per heavy atom. The zero-order valence-electron chi connectivity index (χ0n) is 13.1. The fourth-order valence-electron chi connectivity index (χ4n) is 2.54. The number of para-hydroxylation sites is 1. The van der Waals surface area contributed by atoms with E-state index in [2.05, 4.69) is 5.32 Å². The monoisotopic (exact) mass is 359 g/mol. The third-order valence-electron chi connectivity index (χ3n) is 3.74. The number of hydrogen-bond acceptors (Lipinski definition) is 3. The second-order valence-electron chi connectivity index (χ2n) is 5.72. The lowest BCUT2D eigenvalue weighted by atomic mass is 10.0. The number of nitrogens with zero attached hydrogens (tertiary/aromatic N) is 1. The van der Waals surface area contributed by atoms with Gasteiger partial charge in [0.05, 0.1) is 10.7 Å². The van der Waals surface area contributed by atoms with Crippen molar-refractivity contribution in [3.63, 3.8) is 0 Å². The standard InChI is InChI=1S/C16H22ClN3O2.ClH/c1-11(18)8-9-15(21)19-13-6-4-10-20(16(13)22)14-7-3-2-5-12(14)17;/h2-3,5,7,11,13H,4,6,8-10,18H2,1H3,(H,19,21);1H. The summed E-state index contributed by atoms with van der Waals surface area (Å²) in [5, 5.41) is 3.36. The Kier molecular flexibility index (Phi) is 7.82. The van der Waals surface area contributed by atoms with E-state index in [1.165, 1.54) is 0 Å². The number of piperidine rings is 1. The summed E-state index contributed by atoms with van der Waals surface area (Å²) in [4.78, 5) is 26.1. The van der Waals surface area contributed by atoms with E-state index < -0.39 is 6.04 Å². The zero-order valence-corrected chi connectivity index (χ0v) is 14.7. The molecule has 0 saturated carbocycles. The number of hydrogen-bond donors (Lipinski definition) is 2. The number of nitrogens with two attached hydrogens (primary N) is 1. The molecular formula is C16H23Cl2N3O2. The highest BCUT2D eigenvalue weighted by molar-refractivity contribution is 6.33. The highest BCUT2D eigenvalue weighted by atomic mass is 35.5. The lowest BCUT2D eigenvalue weighted by molar-refractivity contribution is -0.128. The van der Waals surface area contributed by atoms with Crippen LogP contribution in [0.3, 0.4) is 0 Å². The average molecular weight is 360 g/mol. The topological polar surface area (TPSA) is 75.4 Å². The second-order valence-corrected chi connectivity index (χ2v) is 6.13. The fourth-order valence-corrected chi connectivity index (χ4v) is 2.78. The van der Waals surface area contributed by atoms with Gasteiger partial charge in [0.1, 0.15) is 6.04 Å². The Morgan fingerprint density at radius 1 is 1.48 bits per heavy atom. The number of nitrogens with one attached hydrogen (secondary N) is 1. The SMILES string of the molecule is CC(N)CCC(=O)NC1CCCN(c2ccccc2Cl)C1=O.Cl. The molecule has 0 bridgehead atoms. The van der Waals surface area contributed by atoms with E-state index in [9.17, 15) is 9.59 Å². The lowest BCUT2D eigenvalue weighted by Gasteiger charge is -2.33. The third-order valence-corrected chi connectivity index (χ3v) is 4.06. The lowest BCUT2D eigenvalue weighted by Crippen LogP contribution is -2.52. The van der Waals surface area contributed by atoms with Gasteiger partial charge in [0.2, 0.25) is 11.8 Å². The predicted octanol–water partition coefficient (Wildman–Crippen LogP) is 2.50. The van der Waals surface area contributed by atoms with Crippen LogP contribution < -0.4 is 16.0 Å². The minimum atomic E-state index is -0.481. The Bertz CT molecular complexity index is 552. The first-order chi connectivity index (χ1) is 10.5. The van der Waals surface area contributed by atoms with Crippen LogP contribution in [-0.2, 0) is 9.59 Å². The van der Waals surface area contributed by atoms with E-state index in [0.717, 1.165) is 6.42 Å². The minimum absolute atomic E-state index is 0. The molecule has 5 nitrogen and oxygen atoms in total. The van der Waals surface area contributed by atoms with Crippen LogP contribution in [0.1, 0.15) is 32.6 Å². The van der Waals surface area contributed by atoms with Gasteiger partial charge in [-0.15, -0.1) is 12.4 Å². The van der Waals surface area contributed by atoms with Gasteiger partial charge in [0.15, 0.2) is 0 Å². The van der Waals surface area contributed by atoms with Gasteiger partial charge in [-0.2, -0.15) is 0 Å². The van der Waals surface area contributed by atoms with Crippen molar-refractivity contribution >= 4 is 41.5 Å². The highest BCUT2D eigenvalue weighted by Gasteiger charge is 2.31. The summed E-state index contributed by atoms with van der Waals surface area (Å²) in [6.45, 7) is 2.48. The Balaban J connectivity index is 0.00000264. The van der Waals surface area contributed by atoms with Crippen LogP contribution >= 0.6 is 24.0 Å². The molecule has 2 atom stereocenters. The summed E-state index contributed by atoms with van der Waals surface area (Å²) >= 11 is 6.17. The van der Waals surface area contributed by atoms with Crippen LogP contribution in [0.2, 0.25) is 5.02 Å². The summed E-state index contributed by atoms with van der Waals surface area (Å²) in [7, 11) is 0. The molecule has 1 aromatic rings. The van der Waals surface area contributed by atoms with Gasteiger partial charge in [-0.05, 0) is 38.3 Å². The quantitative estimate of drug-likeness (QED) is 0.847. The Morgan fingerprint density at radius 3 is 2.83 bits per heavy atom. The van der Waals surface area contributed by atoms with E-state index in [-0.39, 0.29) is 30.3 Å². The summed E-state index contributed by atoms with van der Waals surface area (Å²) in [6, 6.07) is 6.75. The van der Waals surface area contributed by atoms with Crippen molar-refractivity contribution in [3.8, 4) is 0 Å². The molecule has 0 aliphatic carbocycles. The molecule has 1 aliphatic heterocycles. The van der Waals surface area contributed by atoms with Crippen molar-refractivity contribution in [2.75, 3.05) is 11.4 Å². The van der Waals surface area contributed by atoms with Gasteiger partial charge in [-0.25, -0.2) is 0 Å². The molecule has 1 saturated heterocycles. The first kappa shape index (κ1) is 19.7. The molecule has 0 aromatic heterocycles. The number of carbonyl (C=O) groups is 2. The molecule has 2 unspecified atom stereocenters. The zero-order chi connectivity index (χ0) is 16.1. The number of carbonyl (C=O) groups excluding carboxylic acids is 2. The normalized spacial score (nSPS) is 19.0. The molecular weight excluding hydrogens is 337 g/mol. The molecule has 1 aromatic carbocycles. The van der Waals surface area contributed by atoms with E-state index in [1.54, 1.807) is 11.0 Å². The summed E-state index contributed by atoms with van der Waals surface area (Å²) < 4.78 is 0. The maximum absolute atomic E-state index is 12.6. The maximum Gasteiger partial charge on any atom is 0.249 e. The van der Waals surface area contributed by atoms with Crippen molar-refractivity contribution in [1.29, 1.82) is 0 Å². The van der Waals surface area contributed by atoms with Gasteiger partial charge in [-0.3, -0.25) is 9.59 Å². The number of halogens is 2. The minimum Gasteiger partial charge on any atom is -0.344 e. The Labute approximate surface area is 148 Å². The van der Waals surface area contributed by atoms with E-state index >= 15 is 0 Å².